The molecule has 0 aromatic heterocycles. The quantitative estimate of drug-likeness (QED) is 0.126. The van der Waals surface area contributed by atoms with Gasteiger partial charge in [0.05, 0.1) is 28.5 Å². The summed E-state index contributed by atoms with van der Waals surface area (Å²) in [5.41, 5.74) is 0.245. The Bertz CT molecular complexity index is 1230. The Kier molecular flexibility index (Phi) is 5.05. The second kappa shape index (κ2) is 7.93. The fourth-order valence-corrected chi connectivity index (χ4v) is 4.89. The number of carbonyl (C=O) groups excluding carboxylic acids is 3. The summed E-state index contributed by atoms with van der Waals surface area (Å²) in [7, 11) is 0. The van der Waals surface area contributed by atoms with E-state index in [9.17, 15) is 24.5 Å². The van der Waals surface area contributed by atoms with E-state index in [4.69, 9.17) is 16.3 Å². The van der Waals surface area contributed by atoms with Gasteiger partial charge in [0, 0.05) is 22.7 Å². The lowest BCUT2D eigenvalue weighted by Gasteiger charge is -2.13. The molecular weight excluding hydrogens is 450 g/mol. The molecule has 10 heteroatoms. The number of fused-ring (bicyclic) bond motifs is 5. The summed E-state index contributed by atoms with van der Waals surface area (Å²) in [6.45, 7) is 0. The Morgan fingerprint density at radius 3 is 2.33 bits per heavy atom. The average molecular weight is 466 g/mol. The van der Waals surface area contributed by atoms with Crippen LogP contribution in [0, 0.1) is 33.8 Å². The van der Waals surface area contributed by atoms with E-state index in [1.54, 1.807) is 0 Å². The minimum absolute atomic E-state index is 0.0704. The van der Waals surface area contributed by atoms with Crippen molar-refractivity contribution >= 4 is 41.3 Å². The summed E-state index contributed by atoms with van der Waals surface area (Å²) in [6.07, 6.45) is 6.08. The van der Waals surface area contributed by atoms with Gasteiger partial charge in [-0.2, -0.15) is 10.1 Å². The molecule has 2 fully saturated rings. The van der Waals surface area contributed by atoms with Crippen molar-refractivity contribution in [1.82, 2.24) is 5.01 Å². The van der Waals surface area contributed by atoms with Crippen molar-refractivity contribution < 1.29 is 24.0 Å². The first-order valence-corrected chi connectivity index (χ1v) is 10.6. The van der Waals surface area contributed by atoms with Gasteiger partial charge in [-0.3, -0.25) is 19.7 Å². The van der Waals surface area contributed by atoms with E-state index < -0.39 is 10.9 Å². The molecule has 2 aliphatic carbocycles. The number of nitrogens with zero attached hydrogens (tertiary/aromatic N) is 3. The number of esters is 1. The van der Waals surface area contributed by atoms with E-state index in [0.29, 0.717) is 5.02 Å². The van der Waals surface area contributed by atoms with Gasteiger partial charge in [0.1, 0.15) is 5.75 Å². The van der Waals surface area contributed by atoms with Gasteiger partial charge in [0.15, 0.2) is 0 Å². The summed E-state index contributed by atoms with van der Waals surface area (Å²) >= 11 is 6.07. The maximum absolute atomic E-state index is 12.8. The number of hydrogen-bond donors (Lipinski definition) is 0. The van der Waals surface area contributed by atoms with E-state index in [2.05, 4.69) is 5.10 Å². The number of benzene rings is 2. The number of allylic oxidation sites excluding steroid dienone is 2. The van der Waals surface area contributed by atoms with Gasteiger partial charge in [-0.1, -0.05) is 23.8 Å². The van der Waals surface area contributed by atoms with Crippen molar-refractivity contribution in [2.24, 2.45) is 28.8 Å². The lowest BCUT2D eigenvalue weighted by molar-refractivity contribution is -0.384. The molecule has 0 radical (unpaired) electrons. The first-order valence-electron chi connectivity index (χ1n) is 10.2. The molecule has 1 heterocycles. The SMILES string of the molecule is O=C(Oc1ccc(Cl)cc1C=NN1C(=O)[C@@H]2[C@H](C1=O)[C@H]1C=C[C@H]2C1)c1ccc([N+](=O)[O-])cc1. The predicted octanol–water partition coefficient (Wildman–Crippen LogP) is 3.61. The number of hydrazone groups is 1. The maximum atomic E-state index is 12.8. The van der Waals surface area contributed by atoms with Gasteiger partial charge in [-0.05, 0) is 48.6 Å². The molecule has 1 saturated heterocycles. The van der Waals surface area contributed by atoms with Crippen molar-refractivity contribution in [3.05, 3.63) is 80.9 Å². The third-order valence-corrected chi connectivity index (χ3v) is 6.48. The smallest absolute Gasteiger partial charge is 0.343 e. The Hall–Kier alpha value is -3.85. The number of halogens is 1. The maximum Gasteiger partial charge on any atom is 0.343 e. The molecule has 33 heavy (non-hydrogen) atoms. The first-order chi connectivity index (χ1) is 15.8. The summed E-state index contributed by atoms with van der Waals surface area (Å²) in [5, 5.41) is 16.1. The van der Waals surface area contributed by atoms with Crippen LogP contribution >= 0.6 is 11.6 Å². The molecule has 4 atom stereocenters. The van der Waals surface area contributed by atoms with Gasteiger partial charge < -0.3 is 4.74 Å². The fraction of sp³-hybridized carbons (Fsp3) is 0.217. The highest BCUT2D eigenvalue weighted by atomic mass is 35.5. The highest BCUT2D eigenvalue weighted by Crippen LogP contribution is 2.52. The summed E-state index contributed by atoms with van der Waals surface area (Å²) in [4.78, 5) is 48.3. The Morgan fingerprint density at radius 1 is 1.09 bits per heavy atom. The number of hydrogen-bond acceptors (Lipinski definition) is 7. The monoisotopic (exact) mass is 465 g/mol. The number of non-ortho nitro benzene ring substituents is 1. The molecule has 166 valence electrons. The Balaban J connectivity index is 1.36. The van der Waals surface area contributed by atoms with Crippen molar-refractivity contribution in [2.75, 3.05) is 0 Å². The highest BCUT2D eigenvalue weighted by Gasteiger charge is 2.59. The summed E-state index contributed by atoms with van der Waals surface area (Å²) in [5.74, 6) is -1.90. The number of nitro groups is 1. The van der Waals surface area contributed by atoms with Crippen LogP contribution in [-0.2, 0) is 9.59 Å². The minimum atomic E-state index is -0.743. The van der Waals surface area contributed by atoms with Crippen LogP contribution in [0.15, 0.2) is 59.7 Å². The van der Waals surface area contributed by atoms with Gasteiger partial charge in [0.25, 0.3) is 17.5 Å². The van der Waals surface area contributed by atoms with Crippen molar-refractivity contribution in [1.29, 1.82) is 0 Å². The third kappa shape index (κ3) is 3.60. The largest absolute Gasteiger partial charge is 0.422 e. The lowest BCUT2D eigenvalue weighted by Crippen LogP contribution is -2.28. The van der Waals surface area contributed by atoms with Crippen LogP contribution in [0.3, 0.4) is 0 Å². The zero-order valence-corrected chi connectivity index (χ0v) is 17.7. The van der Waals surface area contributed by atoms with Crippen LogP contribution in [0.25, 0.3) is 0 Å². The third-order valence-electron chi connectivity index (χ3n) is 6.25. The molecule has 2 amide bonds. The number of carbonyl (C=O) groups is 3. The Labute approximate surface area is 192 Å². The standard InChI is InChI=1S/C23H16ClN3O6/c24-16-5-8-18(33-23(30)12-3-6-17(7-4-12)27(31)32)15(10-16)11-25-26-21(28)19-13-1-2-14(9-13)20(19)22(26)29/h1-8,10-11,13-14,19-20H,9H2/t13-,14-,19-,20+/m0/s1. The molecule has 1 saturated carbocycles. The molecule has 2 aromatic rings. The number of ether oxygens (including phenoxy) is 1. The zero-order chi connectivity index (χ0) is 23.3. The number of amides is 2. The van der Waals surface area contributed by atoms with Crippen LogP contribution in [-0.4, -0.2) is 33.9 Å². The van der Waals surface area contributed by atoms with Crippen LogP contribution < -0.4 is 4.74 Å². The van der Waals surface area contributed by atoms with Crippen LogP contribution in [0.4, 0.5) is 5.69 Å². The predicted molar refractivity (Wildman–Crippen MR) is 117 cm³/mol. The first kappa shape index (κ1) is 21.0. The molecule has 2 aromatic carbocycles. The fourth-order valence-electron chi connectivity index (χ4n) is 4.71. The summed E-state index contributed by atoms with van der Waals surface area (Å²) < 4.78 is 5.42. The van der Waals surface area contributed by atoms with Crippen molar-refractivity contribution in [3.8, 4) is 5.75 Å². The lowest BCUT2D eigenvalue weighted by atomic mass is 9.85. The second-order valence-corrected chi connectivity index (χ2v) is 8.54. The number of imide groups is 1. The minimum Gasteiger partial charge on any atom is -0.422 e. The van der Waals surface area contributed by atoms with Crippen LogP contribution in [0.5, 0.6) is 5.75 Å². The van der Waals surface area contributed by atoms with Gasteiger partial charge in [-0.25, -0.2) is 4.79 Å². The normalized spacial score (nSPS) is 25.2. The number of nitro benzene ring substituents is 1. The second-order valence-electron chi connectivity index (χ2n) is 8.11. The van der Waals surface area contributed by atoms with Crippen molar-refractivity contribution in [2.45, 2.75) is 6.42 Å². The molecule has 1 aliphatic heterocycles. The van der Waals surface area contributed by atoms with E-state index in [0.717, 1.165) is 11.4 Å². The topological polar surface area (TPSA) is 119 Å². The molecule has 0 N–H and O–H groups in total. The molecule has 9 nitrogen and oxygen atoms in total. The Morgan fingerprint density at radius 2 is 1.73 bits per heavy atom. The highest BCUT2D eigenvalue weighted by molar-refractivity contribution is 6.31. The van der Waals surface area contributed by atoms with E-state index in [1.807, 2.05) is 12.2 Å². The van der Waals surface area contributed by atoms with Gasteiger partial charge in [0.2, 0.25) is 0 Å². The molecule has 0 spiro atoms. The van der Waals surface area contributed by atoms with Gasteiger partial charge in [-0.15, -0.1) is 0 Å². The zero-order valence-electron chi connectivity index (χ0n) is 17.0. The average Bonchev–Trinajstić information content (AvgIpc) is 3.48. The number of rotatable bonds is 5. The van der Waals surface area contributed by atoms with Crippen LogP contribution in [0.2, 0.25) is 5.02 Å². The van der Waals surface area contributed by atoms with Crippen molar-refractivity contribution in [3.63, 3.8) is 0 Å². The van der Waals surface area contributed by atoms with E-state index >= 15 is 0 Å². The van der Waals surface area contributed by atoms with Gasteiger partial charge >= 0.3 is 5.97 Å². The van der Waals surface area contributed by atoms with E-state index in [-0.39, 0.29) is 58.0 Å². The molecular formula is C23H16ClN3O6. The van der Waals surface area contributed by atoms with Crippen LogP contribution in [0.1, 0.15) is 22.3 Å². The van der Waals surface area contributed by atoms with E-state index in [1.165, 1.54) is 48.7 Å². The molecule has 5 rings (SSSR count). The molecule has 2 bridgehead atoms. The molecule has 0 unspecified atom stereocenters. The molecule has 3 aliphatic rings. The summed E-state index contributed by atoms with van der Waals surface area (Å²) in [6, 6.07) is 9.42.